The number of likely N-dealkylation sites (N-methyl/N-ethyl adjacent to an activating group) is 1. The molecule has 16 heavy (non-hydrogen) atoms. The van der Waals surface area contributed by atoms with E-state index in [0.29, 0.717) is 5.95 Å². The molecule has 2 rings (SSSR count). The van der Waals surface area contributed by atoms with Crippen molar-refractivity contribution < 1.29 is 4.79 Å². The van der Waals surface area contributed by atoms with E-state index in [4.69, 9.17) is 0 Å². The summed E-state index contributed by atoms with van der Waals surface area (Å²) in [5.74, 6) is 0.540. The van der Waals surface area contributed by atoms with Gasteiger partial charge in [-0.05, 0) is 19.1 Å². The normalized spacial score (nSPS) is 12.4. The zero-order chi connectivity index (χ0) is 11.5. The smallest absolute Gasteiger partial charge is 0.242 e. The van der Waals surface area contributed by atoms with Crippen LogP contribution in [0, 0.1) is 0 Å². The van der Waals surface area contributed by atoms with Crippen molar-refractivity contribution in [1.82, 2.24) is 15.3 Å². The van der Waals surface area contributed by atoms with Gasteiger partial charge in [-0.25, -0.2) is 4.98 Å². The molecule has 0 aliphatic heterocycles. The van der Waals surface area contributed by atoms with E-state index >= 15 is 0 Å². The molecule has 1 heterocycles. The Morgan fingerprint density at radius 3 is 2.88 bits per heavy atom. The van der Waals surface area contributed by atoms with Crippen LogP contribution in [-0.4, -0.2) is 29.0 Å². The van der Waals surface area contributed by atoms with E-state index in [1.54, 1.807) is 14.0 Å². The number of nitrogens with zero attached hydrogens (tertiary/aromatic N) is 1. The molecule has 0 radical (unpaired) electrons. The standard InChI is InChI=1S/C11H14N4O/c1-7(10(16)12-2)13-11-14-8-5-3-4-6-9(8)15-11/h3-7H,1-2H3,(H,12,16)(H2,13,14,15). The minimum atomic E-state index is -0.314. The topological polar surface area (TPSA) is 69.8 Å². The molecule has 5 heteroatoms. The fraction of sp³-hybridized carbons (Fsp3) is 0.273. The molecule has 1 unspecified atom stereocenters. The molecule has 0 aliphatic rings. The van der Waals surface area contributed by atoms with Gasteiger partial charge >= 0.3 is 0 Å². The summed E-state index contributed by atoms with van der Waals surface area (Å²) in [6, 6.07) is 7.41. The molecular formula is C11H14N4O. The lowest BCUT2D eigenvalue weighted by Gasteiger charge is -2.10. The van der Waals surface area contributed by atoms with Gasteiger partial charge in [0.15, 0.2) is 0 Å². The highest BCUT2D eigenvalue weighted by molar-refractivity contribution is 5.84. The zero-order valence-corrected chi connectivity index (χ0v) is 9.24. The summed E-state index contributed by atoms with van der Waals surface area (Å²) in [5.41, 5.74) is 1.84. The first kappa shape index (κ1) is 10.5. The summed E-state index contributed by atoms with van der Waals surface area (Å²) < 4.78 is 0. The second-order valence-corrected chi connectivity index (χ2v) is 3.58. The molecule has 1 aromatic carbocycles. The van der Waals surface area contributed by atoms with Gasteiger partial charge in [0.2, 0.25) is 11.9 Å². The number of amides is 1. The Morgan fingerprint density at radius 1 is 1.44 bits per heavy atom. The highest BCUT2D eigenvalue weighted by Gasteiger charge is 2.12. The Hall–Kier alpha value is -2.04. The van der Waals surface area contributed by atoms with Crippen LogP contribution < -0.4 is 10.6 Å². The average Bonchev–Trinajstić information content (AvgIpc) is 2.69. The van der Waals surface area contributed by atoms with Crippen molar-refractivity contribution in [2.75, 3.05) is 12.4 Å². The molecule has 1 aromatic heterocycles. The van der Waals surface area contributed by atoms with Crippen LogP contribution in [0.15, 0.2) is 24.3 Å². The van der Waals surface area contributed by atoms with Gasteiger partial charge < -0.3 is 15.6 Å². The number of hydrogen-bond acceptors (Lipinski definition) is 3. The highest BCUT2D eigenvalue weighted by Crippen LogP contribution is 2.13. The molecule has 0 saturated carbocycles. The molecule has 5 nitrogen and oxygen atoms in total. The Labute approximate surface area is 93.3 Å². The number of fused-ring (bicyclic) bond motifs is 1. The van der Waals surface area contributed by atoms with Crippen LogP contribution in [0.4, 0.5) is 5.95 Å². The van der Waals surface area contributed by atoms with Crippen molar-refractivity contribution in [1.29, 1.82) is 0 Å². The number of carbonyl (C=O) groups excluding carboxylic acids is 1. The summed E-state index contributed by atoms with van der Waals surface area (Å²) in [5, 5.41) is 5.58. The fourth-order valence-corrected chi connectivity index (χ4v) is 1.51. The predicted molar refractivity (Wildman–Crippen MR) is 63.2 cm³/mol. The molecule has 3 N–H and O–H groups in total. The Bertz CT molecular complexity index is 472. The van der Waals surface area contributed by atoms with Gasteiger partial charge in [-0.2, -0.15) is 0 Å². The molecule has 0 bridgehead atoms. The fourth-order valence-electron chi connectivity index (χ4n) is 1.51. The molecule has 2 aromatic rings. The van der Waals surface area contributed by atoms with Gasteiger partial charge in [-0.15, -0.1) is 0 Å². The van der Waals surface area contributed by atoms with E-state index in [9.17, 15) is 4.79 Å². The summed E-state index contributed by atoms with van der Waals surface area (Å²) in [7, 11) is 1.61. The number of aromatic nitrogens is 2. The summed E-state index contributed by atoms with van der Waals surface area (Å²) in [6.07, 6.45) is 0. The first-order valence-electron chi connectivity index (χ1n) is 5.13. The molecular weight excluding hydrogens is 204 g/mol. The number of H-pyrrole nitrogens is 1. The first-order valence-corrected chi connectivity index (χ1v) is 5.13. The summed E-state index contributed by atoms with van der Waals surface area (Å²) in [4.78, 5) is 18.7. The minimum Gasteiger partial charge on any atom is -0.357 e. The number of rotatable bonds is 3. The number of carbonyl (C=O) groups is 1. The minimum absolute atomic E-state index is 0.0690. The summed E-state index contributed by atoms with van der Waals surface area (Å²) >= 11 is 0. The van der Waals surface area contributed by atoms with Crippen molar-refractivity contribution in [3.63, 3.8) is 0 Å². The van der Waals surface area contributed by atoms with Gasteiger partial charge in [0, 0.05) is 7.05 Å². The van der Waals surface area contributed by atoms with Crippen molar-refractivity contribution in [3.8, 4) is 0 Å². The van der Waals surface area contributed by atoms with Crippen LogP contribution in [0.1, 0.15) is 6.92 Å². The van der Waals surface area contributed by atoms with Gasteiger partial charge in [0.1, 0.15) is 6.04 Å². The third kappa shape index (κ3) is 1.98. The lowest BCUT2D eigenvalue weighted by Crippen LogP contribution is -2.35. The van der Waals surface area contributed by atoms with Crippen LogP contribution in [-0.2, 0) is 4.79 Å². The Morgan fingerprint density at radius 2 is 2.19 bits per heavy atom. The zero-order valence-electron chi connectivity index (χ0n) is 9.24. The van der Waals surface area contributed by atoms with E-state index in [-0.39, 0.29) is 11.9 Å². The molecule has 0 spiro atoms. The van der Waals surface area contributed by atoms with Gasteiger partial charge in [0.25, 0.3) is 0 Å². The maximum Gasteiger partial charge on any atom is 0.242 e. The van der Waals surface area contributed by atoms with Crippen LogP contribution in [0.3, 0.4) is 0 Å². The van der Waals surface area contributed by atoms with Crippen LogP contribution >= 0.6 is 0 Å². The van der Waals surface area contributed by atoms with E-state index < -0.39 is 0 Å². The average molecular weight is 218 g/mol. The van der Waals surface area contributed by atoms with Crippen LogP contribution in [0.5, 0.6) is 0 Å². The van der Waals surface area contributed by atoms with E-state index in [1.165, 1.54) is 0 Å². The van der Waals surface area contributed by atoms with Crippen LogP contribution in [0.2, 0.25) is 0 Å². The molecule has 0 aliphatic carbocycles. The second kappa shape index (κ2) is 4.22. The molecule has 1 amide bonds. The van der Waals surface area contributed by atoms with Crippen molar-refractivity contribution in [3.05, 3.63) is 24.3 Å². The van der Waals surface area contributed by atoms with Crippen molar-refractivity contribution in [2.45, 2.75) is 13.0 Å². The van der Waals surface area contributed by atoms with E-state index in [0.717, 1.165) is 11.0 Å². The van der Waals surface area contributed by atoms with E-state index in [2.05, 4.69) is 20.6 Å². The third-order valence-corrected chi connectivity index (χ3v) is 2.38. The van der Waals surface area contributed by atoms with Crippen molar-refractivity contribution in [2.24, 2.45) is 0 Å². The monoisotopic (exact) mass is 218 g/mol. The Balaban J connectivity index is 2.18. The Kier molecular flexibility index (Phi) is 2.76. The quantitative estimate of drug-likeness (QED) is 0.722. The van der Waals surface area contributed by atoms with Gasteiger partial charge in [-0.1, -0.05) is 12.1 Å². The SMILES string of the molecule is CNC(=O)C(C)Nc1nc2ccccc2[nH]1. The number of benzene rings is 1. The molecule has 1 atom stereocenters. The van der Waals surface area contributed by atoms with Gasteiger partial charge in [-0.3, -0.25) is 4.79 Å². The maximum atomic E-state index is 11.3. The number of hydrogen-bond donors (Lipinski definition) is 3. The number of anilines is 1. The number of nitrogens with one attached hydrogen (secondary N) is 3. The second-order valence-electron chi connectivity index (χ2n) is 3.58. The number of imidazole rings is 1. The third-order valence-electron chi connectivity index (χ3n) is 2.38. The van der Waals surface area contributed by atoms with E-state index in [1.807, 2.05) is 24.3 Å². The van der Waals surface area contributed by atoms with Crippen molar-refractivity contribution >= 4 is 22.9 Å². The number of aromatic amines is 1. The largest absolute Gasteiger partial charge is 0.357 e. The van der Waals surface area contributed by atoms with Gasteiger partial charge in [0.05, 0.1) is 11.0 Å². The molecule has 84 valence electrons. The number of para-hydroxylation sites is 2. The van der Waals surface area contributed by atoms with Crippen LogP contribution in [0.25, 0.3) is 11.0 Å². The molecule has 0 saturated heterocycles. The maximum absolute atomic E-state index is 11.3. The predicted octanol–water partition coefficient (Wildman–Crippen LogP) is 1.11. The first-order chi connectivity index (χ1) is 7.70. The highest BCUT2D eigenvalue weighted by atomic mass is 16.2. The summed E-state index contributed by atoms with van der Waals surface area (Å²) in [6.45, 7) is 1.78. The lowest BCUT2D eigenvalue weighted by molar-refractivity contribution is -0.121. The molecule has 0 fully saturated rings. The lowest BCUT2D eigenvalue weighted by atomic mass is 10.3.